The molecular weight excluding hydrogens is 1650 g/mol. The molecule has 0 N–H and O–H groups in total. The first-order valence-electron chi connectivity index (χ1n) is 45.2. The lowest BCUT2D eigenvalue weighted by Gasteiger charge is -2.37. The van der Waals surface area contributed by atoms with E-state index >= 15 is 0 Å². The van der Waals surface area contributed by atoms with Crippen molar-refractivity contribution in [2.75, 3.05) is 258 Å². The first-order valence-corrected chi connectivity index (χ1v) is 53.0. The number of hydrogen-bond donors (Lipinski definition) is 0. The molecule has 0 bridgehead atoms. The first-order chi connectivity index (χ1) is 56.7. The third-order valence-electron chi connectivity index (χ3n) is 21.4. The average Bonchev–Trinajstić information content (AvgIpc) is 1.07. The fraction of sp³-hybridized carbons (Fsp3) is 0.750. The fourth-order valence-electron chi connectivity index (χ4n) is 13.1. The second-order valence-corrected chi connectivity index (χ2v) is 40.5. The van der Waals surface area contributed by atoms with Gasteiger partial charge in [-0.05, 0) is 196 Å². The maximum absolute atomic E-state index is 11.5. The Hall–Kier alpha value is -2.96. The van der Waals surface area contributed by atoms with Crippen LogP contribution in [0.25, 0.3) is 0 Å². The molecule has 0 radical (unpaired) electrons. The van der Waals surface area contributed by atoms with Crippen LogP contribution in [-0.4, -0.2) is 335 Å². The topological polar surface area (TPSA) is 137 Å². The van der Waals surface area contributed by atoms with Crippen molar-refractivity contribution in [3.8, 4) is 49.4 Å². The summed E-state index contributed by atoms with van der Waals surface area (Å²) in [5.74, 6) is 15.5. The van der Waals surface area contributed by atoms with Crippen LogP contribution >= 0.6 is 94.1 Å². The number of nitrogens with zero attached hydrogens (tertiary/aromatic N) is 8. The van der Waals surface area contributed by atoms with Crippen molar-refractivity contribution < 1.29 is 74.2 Å². The Bertz CT molecular complexity index is 2890. The highest BCUT2D eigenvalue weighted by atomic mass is 32.2. The molecule has 0 saturated carbocycles. The molecular formula is C96H184N8O8S8+8. The van der Waals surface area contributed by atoms with Gasteiger partial charge < -0.3 is 35.9 Å². The minimum absolute atomic E-state index is 0.133. The standard InChI is InChI=1S/C15H30NOS.C14H26NOS.C14H28NOS.C13H24NOS.C12H24NOS.C11H20NOS.C9H18NOS.C8H14NOS/c1-5-9-12-16(8-4,11-7-3)13-14-18-15(17)10-6-2;1-5-9-11-15(8-4,10-6-2)12-13-17-14(16)7-3;1-5-9-14(16)17-13-12-15(8-4,10-6-2)11-7-3;1-5-9-14(8-4,10-6-2)11-12-16-13(15)7-3;1-5-9-12(14)15-11-10-13(6-2,7-3)8-4;1-5-11(13)14-10-9-12(6-2,7-3)8-4;1-5-6-9(11)12-8-7-10(2,3)4;1-5-8(10)11-7-6-9(2,3)4/h6,10H,5,7-9,11-14H2,1-4H3;3H,5-6,8-13H2,1-2,4H3;5,9H,6-8,10-13H2,1-4H3;3H,5-6,8-12H2,1-2,4H3;5,9H,6-8,10-11H2,1-4H3;1H,6-10H2,2-4H3;5-6H,7-8H2,1-4H3;1H,6-7H2,2-4H3/q8*+1/b10-6+;;9-5+;;9-5+;;6-5+;. The number of terminal acetylenes is 4. The summed E-state index contributed by atoms with van der Waals surface area (Å²) in [6.07, 6.45) is 46.1. The third kappa shape index (κ3) is 79.7. The van der Waals surface area contributed by atoms with Crippen molar-refractivity contribution in [1.82, 2.24) is 0 Å². The zero-order valence-electron chi connectivity index (χ0n) is 82.2. The predicted octanol–water partition coefficient (Wildman–Crippen LogP) is 19.4. The van der Waals surface area contributed by atoms with Gasteiger partial charge in [0.25, 0.3) is 20.5 Å². The molecule has 0 fully saturated rings. The van der Waals surface area contributed by atoms with Crippen LogP contribution in [0.3, 0.4) is 0 Å². The van der Waals surface area contributed by atoms with Gasteiger partial charge >= 0.3 is 0 Å². The van der Waals surface area contributed by atoms with E-state index in [4.69, 9.17) is 25.7 Å². The number of hydrogen-bond acceptors (Lipinski definition) is 16. The largest absolute Gasteiger partial charge is 0.330 e. The summed E-state index contributed by atoms with van der Waals surface area (Å²) in [6, 6.07) is 0. The van der Waals surface area contributed by atoms with Gasteiger partial charge in [-0.2, -0.15) is 0 Å². The molecule has 0 aliphatic carbocycles. The van der Waals surface area contributed by atoms with Crippen molar-refractivity contribution in [3.05, 3.63) is 48.6 Å². The van der Waals surface area contributed by atoms with Gasteiger partial charge in [0.2, 0.25) is 20.5 Å². The molecule has 0 aliphatic rings. The molecule has 0 saturated heterocycles. The average molecular weight is 1840 g/mol. The molecule has 0 rings (SSSR count). The number of carbonyl (C=O) groups excluding carboxylic acids is 8. The van der Waals surface area contributed by atoms with E-state index in [1.54, 1.807) is 36.5 Å². The molecule has 0 aliphatic heterocycles. The Kier molecular flexibility index (Phi) is 95.8. The Morgan fingerprint density at radius 1 is 0.225 bits per heavy atom. The summed E-state index contributed by atoms with van der Waals surface area (Å²) in [7, 11) is 12.6. The highest BCUT2D eigenvalue weighted by molar-refractivity contribution is 8.15. The molecule has 0 spiro atoms. The Morgan fingerprint density at radius 2 is 0.383 bits per heavy atom. The Morgan fingerprint density at radius 3 is 0.533 bits per heavy atom. The molecule has 2 unspecified atom stereocenters. The summed E-state index contributed by atoms with van der Waals surface area (Å²) < 4.78 is 8.58. The summed E-state index contributed by atoms with van der Waals surface area (Å²) in [5, 5.41) is 0.136. The maximum Gasteiger partial charge on any atom is 0.262 e. The summed E-state index contributed by atoms with van der Waals surface area (Å²) in [4.78, 5) is 88.7. The van der Waals surface area contributed by atoms with Gasteiger partial charge in [-0.3, -0.25) is 38.4 Å². The van der Waals surface area contributed by atoms with E-state index in [0.717, 1.165) is 178 Å². The Balaban J connectivity index is -0.000000200. The quantitative estimate of drug-likeness (QED) is 0.0324. The van der Waals surface area contributed by atoms with Gasteiger partial charge in [0, 0.05) is 0 Å². The highest BCUT2D eigenvalue weighted by Crippen LogP contribution is 2.20. The van der Waals surface area contributed by atoms with E-state index in [0.29, 0.717) is 0 Å². The minimum Gasteiger partial charge on any atom is -0.330 e. The second kappa shape index (κ2) is 86.8. The Labute approximate surface area is 776 Å². The van der Waals surface area contributed by atoms with Crippen molar-refractivity contribution in [2.45, 2.75) is 217 Å². The van der Waals surface area contributed by atoms with Crippen LogP contribution in [0.2, 0.25) is 0 Å². The first kappa shape index (κ1) is 133. The molecule has 0 aromatic rings. The van der Waals surface area contributed by atoms with Gasteiger partial charge in [-0.15, -0.1) is 25.7 Å². The summed E-state index contributed by atoms with van der Waals surface area (Å²) in [6.45, 7) is 77.5. The molecule has 0 amide bonds. The van der Waals surface area contributed by atoms with Crippen LogP contribution in [-0.2, 0) is 38.4 Å². The molecule has 696 valence electrons. The van der Waals surface area contributed by atoms with E-state index < -0.39 is 0 Å². The number of quaternary nitrogens is 8. The van der Waals surface area contributed by atoms with Crippen LogP contribution in [0.4, 0.5) is 0 Å². The second-order valence-electron chi connectivity index (χ2n) is 31.9. The van der Waals surface area contributed by atoms with Crippen LogP contribution in [0.1, 0.15) is 217 Å². The molecule has 0 aromatic heterocycles. The lowest BCUT2D eigenvalue weighted by Crippen LogP contribution is -2.50. The monoisotopic (exact) mass is 1830 g/mol. The van der Waals surface area contributed by atoms with Crippen LogP contribution in [0.5, 0.6) is 0 Å². The van der Waals surface area contributed by atoms with Crippen molar-refractivity contribution in [3.63, 3.8) is 0 Å². The molecule has 2 atom stereocenters. The van der Waals surface area contributed by atoms with Crippen molar-refractivity contribution >= 4 is 135 Å². The molecule has 16 nitrogen and oxygen atoms in total. The van der Waals surface area contributed by atoms with Crippen molar-refractivity contribution in [1.29, 1.82) is 0 Å². The number of unbranched alkanes of at least 4 members (excludes halogenated alkanes) is 2. The lowest BCUT2D eigenvalue weighted by molar-refractivity contribution is -0.924. The molecule has 120 heavy (non-hydrogen) atoms. The number of rotatable bonds is 56. The smallest absolute Gasteiger partial charge is 0.262 e. The fourth-order valence-corrected chi connectivity index (χ4v) is 20.1. The number of carbonyl (C=O) groups is 8. The number of allylic oxidation sites excluding steroid dienone is 4. The van der Waals surface area contributed by atoms with Gasteiger partial charge in [-0.1, -0.05) is 187 Å². The van der Waals surface area contributed by atoms with E-state index in [1.165, 1.54) is 233 Å². The van der Waals surface area contributed by atoms with Gasteiger partial charge in [0.1, 0.15) is 0 Å². The molecule has 0 heterocycles. The van der Waals surface area contributed by atoms with Crippen LogP contribution in [0, 0.1) is 49.4 Å². The van der Waals surface area contributed by atoms with E-state index in [1.807, 2.05) is 39.8 Å². The maximum atomic E-state index is 11.5. The molecule has 0 aromatic carbocycles. The summed E-state index contributed by atoms with van der Waals surface area (Å²) >= 11 is 10.8. The van der Waals surface area contributed by atoms with Gasteiger partial charge in [0.05, 0.1) is 258 Å². The van der Waals surface area contributed by atoms with E-state index in [-0.39, 0.29) is 40.9 Å². The highest BCUT2D eigenvalue weighted by Gasteiger charge is 2.28. The number of thioether (sulfide) groups is 8. The molecule has 24 heteroatoms. The van der Waals surface area contributed by atoms with Crippen LogP contribution in [0.15, 0.2) is 48.6 Å². The normalized spacial score (nSPS) is 12.5. The van der Waals surface area contributed by atoms with Gasteiger partial charge in [0.15, 0.2) is 0 Å². The third-order valence-corrected chi connectivity index (χ3v) is 27.7. The zero-order valence-corrected chi connectivity index (χ0v) is 88.7. The van der Waals surface area contributed by atoms with Crippen LogP contribution < -0.4 is 0 Å². The van der Waals surface area contributed by atoms with Gasteiger partial charge in [-0.25, -0.2) is 0 Å². The van der Waals surface area contributed by atoms with E-state index in [2.05, 4.69) is 191 Å². The predicted molar refractivity (Wildman–Crippen MR) is 547 cm³/mol. The lowest BCUT2D eigenvalue weighted by atomic mass is 10.2. The van der Waals surface area contributed by atoms with E-state index in [9.17, 15) is 38.4 Å². The summed E-state index contributed by atoms with van der Waals surface area (Å²) in [5.41, 5.74) is 0. The SMILES string of the molecule is C#CC(=O)SCC[N+](C)(C)C.C#CC(=O)SCC[N+](CC)(CC)CC.C#CC(=O)SCC[N+](CC)(CCC)CCC.C#CC(=O)SCC[N+](CC)(CCC)CCCC.C/C=C/C(=O)SCC[N+](C)(C)C.C/C=C/C(=O)SCC[N+](CC)(CC)CC.C/C=C/C(=O)SCC[N+](CC)(CCC)CCC.C/C=C/C(=O)SCC[N+](CC)(CCC)CCCC. The zero-order chi connectivity index (χ0) is 93.9. The minimum atomic E-state index is -0.168. The van der Waals surface area contributed by atoms with Crippen molar-refractivity contribution in [2.24, 2.45) is 0 Å².